The van der Waals surface area contributed by atoms with Crippen molar-refractivity contribution < 1.29 is 14.3 Å². The highest BCUT2D eigenvalue weighted by molar-refractivity contribution is 6.42. The largest absolute Gasteiger partial charge is 0.463 e. The molecule has 2 rings (SSSR count). The fourth-order valence-electron chi connectivity index (χ4n) is 2.39. The van der Waals surface area contributed by atoms with Gasteiger partial charge in [0.1, 0.15) is 0 Å². The van der Waals surface area contributed by atoms with Crippen molar-refractivity contribution in [3.8, 4) is 0 Å². The molecule has 0 aromatic heterocycles. The Morgan fingerprint density at radius 2 is 2.10 bits per heavy atom. The number of ether oxygens (including phenoxy) is 1. The Balaban J connectivity index is 2.46. The second kappa shape index (κ2) is 6.50. The number of benzene rings is 1. The first-order valence-corrected chi connectivity index (χ1v) is 7.32. The summed E-state index contributed by atoms with van der Waals surface area (Å²) < 4.78 is 5.09. The summed E-state index contributed by atoms with van der Waals surface area (Å²) in [6.07, 6.45) is 0.170. The predicted octanol–water partition coefficient (Wildman–Crippen LogP) is 3.43. The van der Waals surface area contributed by atoms with Gasteiger partial charge in [-0.2, -0.15) is 0 Å². The molecule has 1 heterocycles. The normalized spacial score (nSPS) is 18.5. The maximum atomic E-state index is 12.2. The first-order valence-electron chi connectivity index (χ1n) is 6.56. The molecule has 0 bridgehead atoms. The fourth-order valence-corrected chi connectivity index (χ4v) is 2.70. The van der Waals surface area contributed by atoms with E-state index in [9.17, 15) is 9.59 Å². The molecule has 1 unspecified atom stereocenters. The first-order chi connectivity index (χ1) is 9.93. The summed E-state index contributed by atoms with van der Waals surface area (Å²) >= 11 is 11.9. The minimum absolute atomic E-state index is 0.142. The number of amides is 1. The number of esters is 1. The van der Waals surface area contributed by atoms with Crippen molar-refractivity contribution in [1.29, 1.82) is 0 Å². The van der Waals surface area contributed by atoms with E-state index < -0.39 is 5.97 Å². The van der Waals surface area contributed by atoms with Gasteiger partial charge in [0.05, 0.1) is 22.2 Å². The van der Waals surface area contributed by atoms with E-state index in [1.807, 2.05) is 0 Å². The summed E-state index contributed by atoms with van der Waals surface area (Å²) in [5.74, 6) is -0.949. The van der Waals surface area contributed by atoms with Gasteiger partial charge in [-0.05, 0) is 31.5 Å². The van der Waals surface area contributed by atoms with Gasteiger partial charge in [-0.15, -0.1) is 0 Å². The van der Waals surface area contributed by atoms with Gasteiger partial charge in [0, 0.05) is 18.0 Å². The Bertz CT molecular complexity index is 625. The fraction of sp³-hybridized carbons (Fsp3) is 0.333. The molecule has 1 atom stereocenters. The number of hydrogen-bond acceptors (Lipinski definition) is 3. The van der Waals surface area contributed by atoms with Gasteiger partial charge in [0.25, 0.3) is 0 Å². The Kier molecular flexibility index (Phi) is 4.91. The highest BCUT2D eigenvalue weighted by atomic mass is 35.5. The Labute approximate surface area is 133 Å². The number of rotatable bonds is 3. The molecule has 4 nitrogen and oxygen atoms in total. The third-order valence-corrected chi connectivity index (χ3v) is 4.05. The lowest BCUT2D eigenvalue weighted by atomic mass is 9.84. The van der Waals surface area contributed by atoms with Crippen LogP contribution in [0.15, 0.2) is 29.5 Å². The van der Waals surface area contributed by atoms with E-state index in [1.165, 1.54) is 0 Å². The quantitative estimate of drug-likeness (QED) is 0.865. The maximum Gasteiger partial charge on any atom is 0.336 e. The summed E-state index contributed by atoms with van der Waals surface area (Å²) in [5.41, 5.74) is 1.73. The molecule has 0 spiro atoms. The summed E-state index contributed by atoms with van der Waals surface area (Å²) in [6.45, 7) is 3.70. The van der Waals surface area contributed by atoms with Crippen molar-refractivity contribution in [2.75, 3.05) is 6.61 Å². The van der Waals surface area contributed by atoms with Crippen LogP contribution < -0.4 is 5.32 Å². The van der Waals surface area contributed by atoms with Crippen LogP contribution in [0.4, 0.5) is 0 Å². The molecular formula is C15H15Cl2NO3. The molecule has 1 amide bonds. The smallest absolute Gasteiger partial charge is 0.336 e. The van der Waals surface area contributed by atoms with Crippen LogP contribution >= 0.6 is 23.2 Å². The van der Waals surface area contributed by atoms with Crippen LogP contribution in [-0.4, -0.2) is 18.5 Å². The minimum Gasteiger partial charge on any atom is -0.463 e. The van der Waals surface area contributed by atoms with E-state index in [2.05, 4.69) is 5.32 Å². The Morgan fingerprint density at radius 3 is 2.71 bits per heavy atom. The monoisotopic (exact) mass is 327 g/mol. The van der Waals surface area contributed by atoms with Gasteiger partial charge >= 0.3 is 5.97 Å². The zero-order valence-electron chi connectivity index (χ0n) is 11.7. The van der Waals surface area contributed by atoms with E-state index in [-0.39, 0.29) is 24.9 Å². The summed E-state index contributed by atoms with van der Waals surface area (Å²) in [7, 11) is 0. The molecule has 21 heavy (non-hydrogen) atoms. The number of halogens is 2. The Morgan fingerprint density at radius 1 is 1.38 bits per heavy atom. The lowest BCUT2D eigenvalue weighted by molar-refractivity contribution is -0.139. The average Bonchev–Trinajstić information content (AvgIpc) is 2.41. The van der Waals surface area contributed by atoms with Gasteiger partial charge in [0.2, 0.25) is 5.91 Å². The minimum atomic E-state index is -0.425. The highest BCUT2D eigenvalue weighted by Gasteiger charge is 2.32. The van der Waals surface area contributed by atoms with Crippen LogP contribution in [0.2, 0.25) is 10.0 Å². The summed E-state index contributed by atoms with van der Waals surface area (Å²) in [5, 5.41) is 3.49. The van der Waals surface area contributed by atoms with Crippen LogP contribution in [0.25, 0.3) is 0 Å². The standard InChI is InChI=1S/C15H15Cl2NO3/c1-3-21-15(20)14-8(2)18-13(19)7-10(14)9-4-5-11(16)12(17)6-9/h4-6,10H,3,7H2,1-2H3,(H,18,19). The van der Waals surface area contributed by atoms with Crippen molar-refractivity contribution in [1.82, 2.24) is 5.32 Å². The van der Waals surface area contributed by atoms with E-state index in [0.29, 0.717) is 21.3 Å². The number of carbonyl (C=O) groups excluding carboxylic acids is 2. The lowest BCUT2D eigenvalue weighted by Crippen LogP contribution is -2.34. The van der Waals surface area contributed by atoms with Crippen LogP contribution in [0.5, 0.6) is 0 Å². The molecule has 1 N–H and O–H groups in total. The molecule has 1 aromatic rings. The first kappa shape index (κ1) is 15.9. The molecule has 0 saturated carbocycles. The van der Waals surface area contributed by atoms with Gasteiger partial charge in [-0.25, -0.2) is 4.79 Å². The second-order valence-electron chi connectivity index (χ2n) is 4.74. The highest BCUT2D eigenvalue weighted by Crippen LogP contribution is 2.36. The zero-order chi connectivity index (χ0) is 15.6. The van der Waals surface area contributed by atoms with E-state index in [0.717, 1.165) is 5.56 Å². The average molecular weight is 328 g/mol. The Hall–Kier alpha value is -1.52. The summed E-state index contributed by atoms with van der Waals surface area (Å²) in [6, 6.07) is 5.10. The van der Waals surface area contributed by atoms with Gasteiger partial charge in [-0.3, -0.25) is 4.79 Å². The number of hydrogen-bond donors (Lipinski definition) is 1. The maximum absolute atomic E-state index is 12.2. The van der Waals surface area contributed by atoms with Crippen LogP contribution in [0.1, 0.15) is 31.7 Å². The van der Waals surface area contributed by atoms with Crippen molar-refractivity contribution in [3.05, 3.63) is 45.1 Å². The zero-order valence-corrected chi connectivity index (χ0v) is 13.2. The third-order valence-electron chi connectivity index (χ3n) is 3.31. The molecule has 1 aliphatic rings. The number of carbonyl (C=O) groups is 2. The van der Waals surface area contributed by atoms with Crippen LogP contribution in [-0.2, 0) is 14.3 Å². The molecular weight excluding hydrogens is 313 g/mol. The van der Waals surface area contributed by atoms with E-state index in [4.69, 9.17) is 27.9 Å². The van der Waals surface area contributed by atoms with Crippen LogP contribution in [0, 0.1) is 0 Å². The topological polar surface area (TPSA) is 55.4 Å². The molecule has 0 saturated heterocycles. The number of nitrogens with one attached hydrogen (secondary N) is 1. The summed E-state index contributed by atoms with van der Waals surface area (Å²) in [4.78, 5) is 23.9. The lowest BCUT2D eigenvalue weighted by Gasteiger charge is -2.26. The second-order valence-corrected chi connectivity index (χ2v) is 5.55. The molecule has 6 heteroatoms. The van der Waals surface area contributed by atoms with Crippen LogP contribution in [0.3, 0.4) is 0 Å². The third kappa shape index (κ3) is 3.39. The molecule has 112 valence electrons. The van der Waals surface area contributed by atoms with Gasteiger partial charge in [0.15, 0.2) is 0 Å². The van der Waals surface area contributed by atoms with E-state index >= 15 is 0 Å². The molecule has 1 aromatic carbocycles. The molecule has 0 radical (unpaired) electrons. The van der Waals surface area contributed by atoms with Crippen molar-refractivity contribution >= 4 is 35.1 Å². The molecule has 0 fully saturated rings. The van der Waals surface area contributed by atoms with E-state index in [1.54, 1.807) is 32.0 Å². The van der Waals surface area contributed by atoms with Gasteiger partial charge < -0.3 is 10.1 Å². The van der Waals surface area contributed by atoms with Crippen molar-refractivity contribution in [2.45, 2.75) is 26.2 Å². The van der Waals surface area contributed by atoms with Crippen molar-refractivity contribution in [3.63, 3.8) is 0 Å². The SMILES string of the molecule is CCOC(=O)C1=C(C)NC(=O)CC1c1ccc(Cl)c(Cl)c1. The van der Waals surface area contributed by atoms with Crippen molar-refractivity contribution in [2.24, 2.45) is 0 Å². The predicted molar refractivity (Wildman–Crippen MR) is 81.3 cm³/mol. The molecule has 1 aliphatic heterocycles. The molecule has 0 aliphatic carbocycles. The number of allylic oxidation sites excluding steroid dienone is 1. The van der Waals surface area contributed by atoms with Gasteiger partial charge in [-0.1, -0.05) is 29.3 Å².